The standard InChI is InChI=1S/C24H28ClN3O4.CH4/c1-24(2,3)32-23(31)28-12-11-27(14-19(28)22(29)30)21-18-9-8-17(25)13-16(18)7-6-15-5-4-10-26-20(15)21;/h4-5,8-10,13,19,21H,6-7,11-12,14H2,1-3H3,(H,29,30);1H4/t19-,21?;/m1./s1. The van der Waals surface area contributed by atoms with E-state index in [1.54, 1.807) is 27.0 Å². The molecule has 1 fully saturated rings. The van der Waals surface area contributed by atoms with Gasteiger partial charge in [-0.3, -0.25) is 14.8 Å². The zero-order valence-corrected chi connectivity index (χ0v) is 19.3. The number of pyridine rings is 1. The first-order valence-corrected chi connectivity index (χ1v) is 11.2. The Balaban J connectivity index is 0.00000306. The number of aliphatic carboxylic acids is 1. The highest BCUT2D eigenvalue weighted by Crippen LogP contribution is 2.37. The number of carbonyl (C=O) groups is 2. The molecule has 33 heavy (non-hydrogen) atoms. The average molecular weight is 474 g/mol. The monoisotopic (exact) mass is 473 g/mol. The largest absolute Gasteiger partial charge is 0.480 e. The molecule has 1 aliphatic carbocycles. The van der Waals surface area contributed by atoms with Gasteiger partial charge >= 0.3 is 12.1 Å². The lowest BCUT2D eigenvalue weighted by atomic mass is 9.95. The molecule has 0 saturated carbocycles. The van der Waals surface area contributed by atoms with Gasteiger partial charge < -0.3 is 9.84 Å². The van der Waals surface area contributed by atoms with Crippen LogP contribution in [0.15, 0.2) is 36.5 Å². The van der Waals surface area contributed by atoms with Crippen molar-refractivity contribution in [3.63, 3.8) is 0 Å². The predicted molar refractivity (Wildman–Crippen MR) is 128 cm³/mol. The molecular formula is C25H32ClN3O4. The second-order valence-electron chi connectivity index (χ2n) is 9.32. The van der Waals surface area contributed by atoms with Crippen LogP contribution < -0.4 is 0 Å². The highest BCUT2D eigenvalue weighted by atomic mass is 35.5. The number of piperazine rings is 1. The van der Waals surface area contributed by atoms with Gasteiger partial charge in [-0.2, -0.15) is 0 Å². The summed E-state index contributed by atoms with van der Waals surface area (Å²) >= 11 is 6.28. The molecular weight excluding hydrogens is 442 g/mol. The normalized spacial score (nSPS) is 20.7. The van der Waals surface area contributed by atoms with Gasteiger partial charge in [0.2, 0.25) is 0 Å². The second-order valence-corrected chi connectivity index (χ2v) is 9.75. The van der Waals surface area contributed by atoms with Crippen LogP contribution in [0.5, 0.6) is 0 Å². The molecule has 0 spiro atoms. The van der Waals surface area contributed by atoms with E-state index in [9.17, 15) is 14.7 Å². The van der Waals surface area contributed by atoms with Crippen LogP contribution in [-0.2, 0) is 22.4 Å². The van der Waals surface area contributed by atoms with Crippen molar-refractivity contribution in [3.8, 4) is 0 Å². The van der Waals surface area contributed by atoms with Crippen molar-refractivity contribution in [1.82, 2.24) is 14.8 Å². The van der Waals surface area contributed by atoms with E-state index in [1.165, 1.54) is 4.90 Å². The van der Waals surface area contributed by atoms with Crippen LogP contribution in [0.4, 0.5) is 4.79 Å². The molecule has 1 saturated heterocycles. The first-order chi connectivity index (χ1) is 15.1. The van der Waals surface area contributed by atoms with Gasteiger partial charge in [-0.1, -0.05) is 31.2 Å². The zero-order valence-electron chi connectivity index (χ0n) is 18.5. The molecule has 4 rings (SSSR count). The molecule has 1 aromatic carbocycles. The molecule has 0 radical (unpaired) electrons. The molecule has 8 heteroatoms. The Morgan fingerprint density at radius 2 is 1.88 bits per heavy atom. The van der Waals surface area contributed by atoms with Crippen molar-refractivity contribution in [2.24, 2.45) is 0 Å². The number of hydrogen-bond donors (Lipinski definition) is 1. The number of carboxylic acid groups (broad SMARTS) is 1. The maximum absolute atomic E-state index is 12.7. The number of hydrogen-bond acceptors (Lipinski definition) is 5. The summed E-state index contributed by atoms with van der Waals surface area (Å²) in [4.78, 5) is 33.0. The number of halogens is 1. The molecule has 1 aromatic heterocycles. The van der Waals surface area contributed by atoms with Crippen LogP contribution >= 0.6 is 11.6 Å². The number of carbonyl (C=O) groups excluding carboxylic acids is 1. The number of nitrogens with zero attached hydrogens (tertiary/aromatic N) is 3. The number of rotatable bonds is 2. The molecule has 1 N–H and O–H groups in total. The fraction of sp³-hybridized carbons (Fsp3) is 0.480. The summed E-state index contributed by atoms with van der Waals surface area (Å²) in [7, 11) is 0. The zero-order chi connectivity index (χ0) is 23.0. The van der Waals surface area contributed by atoms with E-state index >= 15 is 0 Å². The third-order valence-corrected chi connectivity index (χ3v) is 6.17. The van der Waals surface area contributed by atoms with Crippen molar-refractivity contribution in [2.75, 3.05) is 19.6 Å². The van der Waals surface area contributed by atoms with E-state index in [-0.39, 0.29) is 26.6 Å². The average Bonchev–Trinajstić information content (AvgIpc) is 2.88. The van der Waals surface area contributed by atoms with Gasteiger partial charge in [0.25, 0.3) is 0 Å². The van der Waals surface area contributed by atoms with Crippen LogP contribution in [0.3, 0.4) is 0 Å². The van der Waals surface area contributed by atoms with E-state index < -0.39 is 23.7 Å². The predicted octanol–water partition coefficient (Wildman–Crippen LogP) is 4.57. The summed E-state index contributed by atoms with van der Waals surface area (Å²) in [5, 5.41) is 10.6. The Bertz CT molecular complexity index is 1040. The van der Waals surface area contributed by atoms with Gasteiger partial charge in [-0.05, 0) is 68.5 Å². The Labute approximate surface area is 200 Å². The summed E-state index contributed by atoms with van der Waals surface area (Å²) in [6, 6.07) is 8.66. The smallest absolute Gasteiger partial charge is 0.411 e. The Morgan fingerprint density at radius 3 is 2.58 bits per heavy atom. The van der Waals surface area contributed by atoms with Crippen LogP contribution in [0.1, 0.15) is 56.6 Å². The molecule has 1 unspecified atom stereocenters. The summed E-state index contributed by atoms with van der Waals surface area (Å²) in [5.74, 6) is -1.05. The summed E-state index contributed by atoms with van der Waals surface area (Å²) in [6.45, 7) is 6.25. The molecule has 178 valence electrons. The molecule has 1 amide bonds. The first-order valence-electron chi connectivity index (χ1n) is 10.8. The molecule has 2 aliphatic rings. The van der Waals surface area contributed by atoms with E-state index in [0.29, 0.717) is 11.6 Å². The highest BCUT2D eigenvalue weighted by Gasteiger charge is 2.41. The minimum absolute atomic E-state index is 0. The summed E-state index contributed by atoms with van der Waals surface area (Å²) in [6.07, 6.45) is 2.85. The van der Waals surface area contributed by atoms with E-state index in [0.717, 1.165) is 35.2 Å². The van der Waals surface area contributed by atoms with E-state index in [4.69, 9.17) is 21.3 Å². The number of fused-ring (bicyclic) bond motifs is 2. The number of aromatic nitrogens is 1. The summed E-state index contributed by atoms with van der Waals surface area (Å²) < 4.78 is 5.46. The quantitative estimate of drug-likeness (QED) is 0.688. The number of aryl methyl sites for hydroxylation is 2. The first kappa shape index (κ1) is 25.0. The maximum atomic E-state index is 12.7. The fourth-order valence-corrected chi connectivity index (χ4v) is 4.74. The molecule has 2 heterocycles. The summed E-state index contributed by atoms with van der Waals surface area (Å²) in [5.41, 5.74) is 3.61. The van der Waals surface area contributed by atoms with Crippen LogP contribution in [0.25, 0.3) is 0 Å². The third kappa shape index (κ3) is 5.31. The lowest BCUT2D eigenvalue weighted by Crippen LogP contribution is -2.59. The maximum Gasteiger partial charge on any atom is 0.411 e. The second kappa shape index (κ2) is 9.69. The van der Waals surface area contributed by atoms with Crippen molar-refractivity contribution in [2.45, 2.75) is 58.7 Å². The highest BCUT2D eigenvalue weighted by molar-refractivity contribution is 6.30. The van der Waals surface area contributed by atoms with Crippen LogP contribution in [0, 0.1) is 0 Å². The van der Waals surface area contributed by atoms with E-state index in [2.05, 4.69) is 11.0 Å². The Kier molecular flexibility index (Phi) is 7.34. The number of amides is 1. The lowest BCUT2D eigenvalue weighted by molar-refractivity contribution is -0.146. The van der Waals surface area contributed by atoms with Gasteiger partial charge in [0.05, 0.1) is 11.7 Å². The fourth-order valence-electron chi connectivity index (χ4n) is 4.54. The van der Waals surface area contributed by atoms with Gasteiger partial charge in [-0.15, -0.1) is 0 Å². The minimum Gasteiger partial charge on any atom is -0.480 e. The Hall–Kier alpha value is -2.64. The van der Waals surface area contributed by atoms with Crippen molar-refractivity contribution < 1.29 is 19.4 Å². The van der Waals surface area contributed by atoms with Crippen molar-refractivity contribution in [1.29, 1.82) is 0 Å². The topological polar surface area (TPSA) is 83.0 Å². The van der Waals surface area contributed by atoms with Gasteiger partial charge in [0.1, 0.15) is 11.6 Å². The number of carboxylic acids is 1. The third-order valence-electron chi connectivity index (χ3n) is 5.94. The minimum atomic E-state index is -1.05. The van der Waals surface area contributed by atoms with Crippen LogP contribution in [0.2, 0.25) is 5.02 Å². The Morgan fingerprint density at radius 1 is 1.15 bits per heavy atom. The molecule has 2 atom stereocenters. The SMILES string of the molecule is C.CC(C)(C)OC(=O)N1CCN(C2c3ccc(Cl)cc3CCc3cccnc32)C[C@@H]1C(=O)O. The molecule has 7 nitrogen and oxygen atoms in total. The molecule has 1 aliphatic heterocycles. The number of ether oxygens (including phenoxy) is 1. The molecule has 0 bridgehead atoms. The molecule has 2 aromatic rings. The number of benzene rings is 1. The van der Waals surface area contributed by atoms with Crippen molar-refractivity contribution in [3.05, 3.63) is 63.9 Å². The van der Waals surface area contributed by atoms with Gasteiger partial charge in [0, 0.05) is 30.9 Å². The van der Waals surface area contributed by atoms with Gasteiger partial charge in [-0.25, -0.2) is 9.59 Å². The van der Waals surface area contributed by atoms with Crippen molar-refractivity contribution >= 4 is 23.7 Å². The van der Waals surface area contributed by atoms with E-state index in [1.807, 2.05) is 24.3 Å². The van der Waals surface area contributed by atoms with Gasteiger partial charge in [0.15, 0.2) is 0 Å². The van der Waals surface area contributed by atoms with Crippen LogP contribution in [-0.4, -0.2) is 63.2 Å². The lowest BCUT2D eigenvalue weighted by Gasteiger charge is -2.43.